The second kappa shape index (κ2) is 6.88. The van der Waals surface area contributed by atoms with Crippen LogP contribution in [0.3, 0.4) is 0 Å². The maximum atomic E-state index is 12.5. The van der Waals surface area contributed by atoms with E-state index < -0.39 is 6.04 Å². The van der Waals surface area contributed by atoms with Crippen LogP contribution in [0.1, 0.15) is 36.5 Å². The Kier molecular flexibility index (Phi) is 5.17. The number of carbonyl (C=O) groups is 2. The Morgan fingerprint density at radius 1 is 1.30 bits per heavy atom. The van der Waals surface area contributed by atoms with Crippen LogP contribution in [0.5, 0.6) is 0 Å². The molecule has 5 heteroatoms. The van der Waals surface area contributed by atoms with Crippen LogP contribution < -0.4 is 0 Å². The Balaban J connectivity index is 2.16. The Labute approximate surface area is 127 Å². The number of carbonyl (C=O) groups excluding carboxylic acids is 2. The largest absolute Gasteiger partial charge is 0.464 e. The lowest BCUT2D eigenvalue weighted by molar-refractivity contribution is -0.149. The van der Waals surface area contributed by atoms with E-state index in [1.54, 1.807) is 24.0 Å². The highest BCUT2D eigenvalue weighted by Crippen LogP contribution is 2.21. The topological polar surface area (TPSA) is 46.6 Å². The van der Waals surface area contributed by atoms with Crippen molar-refractivity contribution in [1.82, 2.24) is 4.90 Å². The summed E-state index contributed by atoms with van der Waals surface area (Å²) in [5.41, 5.74) is 0.601. The fraction of sp³-hybridized carbons (Fsp3) is 0.467. The number of esters is 1. The minimum absolute atomic E-state index is 0.102. The van der Waals surface area contributed by atoms with Crippen LogP contribution in [0.25, 0.3) is 0 Å². The minimum atomic E-state index is -0.445. The van der Waals surface area contributed by atoms with Gasteiger partial charge in [0.1, 0.15) is 6.04 Å². The molecule has 1 atom stereocenters. The van der Waals surface area contributed by atoms with Gasteiger partial charge >= 0.3 is 5.97 Å². The molecule has 108 valence electrons. The summed E-state index contributed by atoms with van der Waals surface area (Å²) >= 11 is 3.35. The van der Waals surface area contributed by atoms with Crippen LogP contribution in [-0.2, 0) is 9.53 Å². The Morgan fingerprint density at radius 3 is 2.65 bits per heavy atom. The molecule has 0 spiro atoms. The average molecular weight is 340 g/mol. The molecule has 2 rings (SSSR count). The van der Waals surface area contributed by atoms with Gasteiger partial charge in [0.2, 0.25) is 0 Å². The van der Waals surface area contributed by atoms with Gasteiger partial charge in [-0.15, -0.1) is 0 Å². The van der Waals surface area contributed by atoms with E-state index in [-0.39, 0.29) is 11.9 Å². The van der Waals surface area contributed by atoms with Gasteiger partial charge in [0, 0.05) is 16.6 Å². The first-order valence-electron chi connectivity index (χ1n) is 6.86. The minimum Gasteiger partial charge on any atom is -0.464 e. The highest BCUT2D eigenvalue weighted by molar-refractivity contribution is 9.10. The third-order valence-corrected chi connectivity index (χ3v) is 3.94. The van der Waals surface area contributed by atoms with Crippen molar-refractivity contribution in [1.29, 1.82) is 0 Å². The molecule has 1 heterocycles. The van der Waals surface area contributed by atoms with Gasteiger partial charge in [0.15, 0.2) is 0 Å². The van der Waals surface area contributed by atoms with Gasteiger partial charge < -0.3 is 9.64 Å². The molecule has 1 fully saturated rings. The fourth-order valence-electron chi connectivity index (χ4n) is 2.42. The van der Waals surface area contributed by atoms with Gasteiger partial charge in [-0.3, -0.25) is 4.79 Å². The Bertz CT molecular complexity index is 486. The molecule has 0 saturated carbocycles. The fourth-order valence-corrected chi connectivity index (χ4v) is 2.68. The van der Waals surface area contributed by atoms with Gasteiger partial charge in [0.25, 0.3) is 5.91 Å². The highest BCUT2D eigenvalue weighted by atomic mass is 79.9. The van der Waals surface area contributed by atoms with Gasteiger partial charge in [0.05, 0.1) is 6.61 Å². The average Bonchev–Trinajstić information content (AvgIpc) is 2.47. The maximum absolute atomic E-state index is 12.5. The van der Waals surface area contributed by atoms with E-state index in [4.69, 9.17) is 4.74 Å². The van der Waals surface area contributed by atoms with Crippen molar-refractivity contribution in [2.45, 2.75) is 32.2 Å². The molecule has 1 aliphatic heterocycles. The summed E-state index contributed by atoms with van der Waals surface area (Å²) in [5, 5.41) is 0. The third-order valence-electron chi connectivity index (χ3n) is 3.41. The summed E-state index contributed by atoms with van der Waals surface area (Å²) in [7, 11) is 0. The Hall–Kier alpha value is -1.36. The smallest absolute Gasteiger partial charge is 0.328 e. The predicted molar refractivity (Wildman–Crippen MR) is 79.5 cm³/mol. The summed E-state index contributed by atoms with van der Waals surface area (Å²) in [4.78, 5) is 26.2. The molecule has 0 bridgehead atoms. The number of piperidine rings is 1. The molecule has 1 amide bonds. The van der Waals surface area contributed by atoms with E-state index in [2.05, 4.69) is 15.9 Å². The number of likely N-dealkylation sites (tertiary alicyclic amines) is 1. The molecular formula is C15H18BrNO3. The first kappa shape index (κ1) is 15.0. The molecule has 0 aromatic heterocycles. The van der Waals surface area contributed by atoms with Crippen LogP contribution in [0.2, 0.25) is 0 Å². The second-order valence-corrected chi connectivity index (χ2v) is 5.68. The quantitative estimate of drug-likeness (QED) is 0.795. The van der Waals surface area contributed by atoms with Gasteiger partial charge in [-0.2, -0.15) is 0 Å². The third kappa shape index (κ3) is 3.39. The summed E-state index contributed by atoms with van der Waals surface area (Å²) in [6, 6.07) is 6.75. The first-order chi connectivity index (χ1) is 9.63. The van der Waals surface area contributed by atoms with Crippen LogP contribution in [0.15, 0.2) is 28.7 Å². The van der Waals surface area contributed by atoms with E-state index in [0.29, 0.717) is 25.1 Å². The standard InChI is InChI=1S/C15H18BrNO3/c1-2-20-15(19)13-5-3-4-10-17(13)14(18)11-6-8-12(16)9-7-11/h6-9,13H,2-5,10H2,1H3. The van der Waals surface area contributed by atoms with Crippen LogP contribution >= 0.6 is 15.9 Å². The summed E-state index contributed by atoms with van der Waals surface area (Å²) in [6.07, 6.45) is 2.56. The lowest BCUT2D eigenvalue weighted by Gasteiger charge is -2.34. The maximum Gasteiger partial charge on any atom is 0.328 e. The number of nitrogens with zero attached hydrogens (tertiary/aromatic N) is 1. The molecule has 0 N–H and O–H groups in total. The van der Waals surface area contributed by atoms with Crippen LogP contribution in [-0.4, -0.2) is 36.0 Å². The number of ether oxygens (including phenoxy) is 1. The molecule has 1 unspecified atom stereocenters. The normalized spacial score (nSPS) is 18.7. The van der Waals surface area contributed by atoms with Crippen molar-refractivity contribution < 1.29 is 14.3 Å². The first-order valence-corrected chi connectivity index (χ1v) is 7.66. The van der Waals surface area contributed by atoms with Crippen molar-refractivity contribution in [3.63, 3.8) is 0 Å². The number of hydrogen-bond donors (Lipinski definition) is 0. The molecule has 20 heavy (non-hydrogen) atoms. The van der Waals surface area contributed by atoms with Crippen molar-refractivity contribution in [2.24, 2.45) is 0 Å². The van der Waals surface area contributed by atoms with Crippen molar-refractivity contribution >= 4 is 27.8 Å². The summed E-state index contributed by atoms with van der Waals surface area (Å²) in [5.74, 6) is -0.395. The summed E-state index contributed by atoms with van der Waals surface area (Å²) in [6.45, 7) is 2.73. The van der Waals surface area contributed by atoms with Gasteiger partial charge in [-0.05, 0) is 50.5 Å². The second-order valence-electron chi connectivity index (χ2n) is 4.77. The predicted octanol–water partition coefficient (Wildman–Crippen LogP) is 3.01. The molecule has 1 saturated heterocycles. The molecule has 0 radical (unpaired) electrons. The van der Waals surface area contributed by atoms with Crippen LogP contribution in [0, 0.1) is 0 Å². The van der Waals surface area contributed by atoms with Crippen LogP contribution in [0.4, 0.5) is 0 Å². The lowest BCUT2D eigenvalue weighted by atomic mass is 10.0. The highest BCUT2D eigenvalue weighted by Gasteiger charge is 2.33. The van der Waals surface area contributed by atoms with E-state index >= 15 is 0 Å². The number of halogens is 1. The van der Waals surface area contributed by atoms with E-state index in [1.165, 1.54) is 0 Å². The van der Waals surface area contributed by atoms with E-state index in [9.17, 15) is 9.59 Å². The number of amides is 1. The molecule has 1 aromatic carbocycles. The van der Waals surface area contributed by atoms with Gasteiger partial charge in [-0.25, -0.2) is 4.79 Å². The van der Waals surface area contributed by atoms with Gasteiger partial charge in [-0.1, -0.05) is 15.9 Å². The van der Waals surface area contributed by atoms with Crippen molar-refractivity contribution in [3.05, 3.63) is 34.3 Å². The zero-order valence-corrected chi connectivity index (χ0v) is 13.1. The molecular weight excluding hydrogens is 322 g/mol. The molecule has 0 aliphatic carbocycles. The molecule has 1 aliphatic rings. The SMILES string of the molecule is CCOC(=O)C1CCCCN1C(=O)c1ccc(Br)cc1. The number of hydrogen-bond acceptors (Lipinski definition) is 3. The van der Waals surface area contributed by atoms with Crippen molar-refractivity contribution in [3.8, 4) is 0 Å². The molecule has 4 nitrogen and oxygen atoms in total. The zero-order valence-electron chi connectivity index (χ0n) is 11.5. The monoisotopic (exact) mass is 339 g/mol. The summed E-state index contributed by atoms with van der Waals surface area (Å²) < 4.78 is 6.00. The number of rotatable bonds is 3. The molecule has 1 aromatic rings. The van der Waals surface area contributed by atoms with E-state index in [0.717, 1.165) is 17.3 Å². The Morgan fingerprint density at radius 2 is 2.00 bits per heavy atom. The lowest BCUT2D eigenvalue weighted by Crippen LogP contribution is -2.48. The zero-order chi connectivity index (χ0) is 14.5. The van der Waals surface area contributed by atoms with Crippen molar-refractivity contribution in [2.75, 3.05) is 13.2 Å². The number of benzene rings is 1. The van der Waals surface area contributed by atoms with E-state index in [1.807, 2.05) is 12.1 Å².